The normalized spacial score (nSPS) is 15.9. The maximum absolute atomic E-state index is 11.8. The molecule has 0 saturated heterocycles. The van der Waals surface area contributed by atoms with Gasteiger partial charge in [0.1, 0.15) is 13.2 Å². The molecule has 0 saturated carbocycles. The van der Waals surface area contributed by atoms with Gasteiger partial charge >= 0.3 is 11.9 Å². The van der Waals surface area contributed by atoms with Gasteiger partial charge in [0, 0.05) is 0 Å². The van der Waals surface area contributed by atoms with Gasteiger partial charge in [-0.15, -0.1) is 0 Å². The van der Waals surface area contributed by atoms with E-state index in [1.807, 2.05) is 13.8 Å². The Morgan fingerprint density at radius 2 is 1.28 bits per heavy atom. The van der Waals surface area contributed by atoms with Crippen LogP contribution in [0.2, 0.25) is 0 Å². The van der Waals surface area contributed by atoms with Crippen LogP contribution in [0.25, 0.3) is 0 Å². The highest BCUT2D eigenvalue weighted by Gasteiger charge is 2.32. The molecule has 2 unspecified atom stereocenters. The van der Waals surface area contributed by atoms with Crippen LogP contribution in [0.1, 0.15) is 65.7 Å². The monoisotopic (exact) mass is 362 g/mol. The quantitative estimate of drug-likeness (QED) is 0.402. The second-order valence-corrected chi connectivity index (χ2v) is 6.63. The molecule has 7 nitrogen and oxygen atoms in total. The minimum Gasteiger partial charge on any atom is -0.465 e. The van der Waals surface area contributed by atoms with E-state index in [1.165, 1.54) is 0 Å². The molecule has 0 aliphatic carbocycles. The summed E-state index contributed by atoms with van der Waals surface area (Å²) in [6, 6.07) is 0. The lowest BCUT2D eigenvalue weighted by atomic mass is 9.88. The van der Waals surface area contributed by atoms with Crippen molar-refractivity contribution in [1.29, 1.82) is 0 Å². The van der Waals surface area contributed by atoms with Gasteiger partial charge < -0.3 is 24.8 Å². The number of aliphatic hydroxyl groups is 3. The summed E-state index contributed by atoms with van der Waals surface area (Å²) in [7, 11) is 0. The number of carbonyl (C=O) groups is 2. The van der Waals surface area contributed by atoms with Crippen molar-refractivity contribution in [3.8, 4) is 0 Å². The van der Waals surface area contributed by atoms with E-state index in [4.69, 9.17) is 9.47 Å². The van der Waals surface area contributed by atoms with Crippen LogP contribution in [0.3, 0.4) is 0 Å². The van der Waals surface area contributed by atoms with Gasteiger partial charge in [0.25, 0.3) is 0 Å². The molecule has 0 aromatic heterocycles. The van der Waals surface area contributed by atoms with Crippen molar-refractivity contribution < 1.29 is 34.4 Å². The predicted octanol–water partition coefficient (Wildman–Crippen LogP) is 1.56. The van der Waals surface area contributed by atoms with Gasteiger partial charge in [0.2, 0.25) is 0 Å². The second kappa shape index (κ2) is 13.1. The van der Waals surface area contributed by atoms with Crippen molar-refractivity contribution in [1.82, 2.24) is 0 Å². The van der Waals surface area contributed by atoms with Gasteiger partial charge in [0.15, 0.2) is 0 Å². The van der Waals surface area contributed by atoms with E-state index < -0.39 is 29.6 Å². The first kappa shape index (κ1) is 23.8. The van der Waals surface area contributed by atoms with Crippen molar-refractivity contribution in [3.05, 3.63) is 0 Å². The Morgan fingerprint density at radius 3 is 1.56 bits per heavy atom. The van der Waals surface area contributed by atoms with E-state index in [0.29, 0.717) is 19.3 Å². The Balaban J connectivity index is 4.44. The average molecular weight is 362 g/mol. The molecule has 0 fully saturated rings. The summed E-state index contributed by atoms with van der Waals surface area (Å²) in [4.78, 5) is 23.5. The molecule has 0 radical (unpaired) electrons. The number of hydrogen-bond acceptors (Lipinski definition) is 7. The molecule has 0 aromatic carbocycles. The van der Waals surface area contributed by atoms with Crippen LogP contribution in [0.15, 0.2) is 0 Å². The zero-order valence-electron chi connectivity index (χ0n) is 15.7. The minimum atomic E-state index is -0.878. The maximum Gasteiger partial charge on any atom is 0.308 e. The molecule has 0 heterocycles. The molecule has 0 aliphatic heterocycles. The van der Waals surface area contributed by atoms with Gasteiger partial charge in [-0.2, -0.15) is 0 Å². The molecular formula is C18H34O7. The molecule has 3 N–H and O–H groups in total. The van der Waals surface area contributed by atoms with Gasteiger partial charge in [0.05, 0.1) is 37.1 Å². The van der Waals surface area contributed by atoms with Crippen LogP contribution in [0, 0.1) is 5.41 Å². The average Bonchev–Trinajstić information content (AvgIpc) is 2.56. The molecule has 0 aliphatic rings. The third kappa shape index (κ3) is 10.4. The highest BCUT2D eigenvalue weighted by Crippen LogP contribution is 2.23. The predicted molar refractivity (Wildman–Crippen MR) is 92.8 cm³/mol. The fourth-order valence-electron chi connectivity index (χ4n) is 2.29. The van der Waals surface area contributed by atoms with Crippen molar-refractivity contribution in [2.45, 2.75) is 77.9 Å². The molecule has 7 heteroatoms. The summed E-state index contributed by atoms with van der Waals surface area (Å²) in [5.41, 5.74) is -0.878. The SMILES string of the molecule is CCCC(O)CC(=O)OCC(CC)(CO)COC(=O)CC(O)CCC. The van der Waals surface area contributed by atoms with E-state index in [0.717, 1.165) is 12.8 Å². The summed E-state index contributed by atoms with van der Waals surface area (Å²) < 4.78 is 10.3. The summed E-state index contributed by atoms with van der Waals surface area (Å²) >= 11 is 0. The Bertz CT molecular complexity index is 348. The largest absolute Gasteiger partial charge is 0.465 e. The van der Waals surface area contributed by atoms with Gasteiger partial charge in [-0.1, -0.05) is 33.6 Å². The van der Waals surface area contributed by atoms with E-state index in [9.17, 15) is 24.9 Å². The summed E-state index contributed by atoms with van der Waals surface area (Å²) in [5, 5.41) is 28.9. The lowest BCUT2D eigenvalue weighted by Gasteiger charge is -2.29. The Kier molecular flexibility index (Phi) is 12.5. The highest BCUT2D eigenvalue weighted by atomic mass is 16.5. The van der Waals surface area contributed by atoms with Gasteiger partial charge in [-0.05, 0) is 19.3 Å². The number of esters is 2. The smallest absolute Gasteiger partial charge is 0.308 e. The minimum absolute atomic E-state index is 0.0948. The first-order valence-electron chi connectivity index (χ1n) is 9.10. The molecule has 148 valence electrons. The molecule has 0 aromatic rings. The number of ether oxygens (including phenoxy) is 2. The van der Waals surface area contributed by atoms with Crippen molar-refractivity contribution >= 4 is 11.9 Å². The van der Waals surface area contributed by atoms with Crippen LogP contribution in [-0.2, 0) is 19.1 Å². The summed E-state index contributed by atoms with van der Waals surface area (Å²) in [5.74, 6) is -1.09. The molecule has 0 amide bonds. The zero-order chi connectivity index (χ0) is 19.3. The van der Waals surface area contributed by atoms with Crippen LogP contribution < -0.4 is 0 Å². The lowest BCUT2D eigenvalue weighted by molar-refractivity contribution is -0.158. The van der Waals surface area contributed by atoms with E-state index >= 15 is 0 Å². The summed E-state index contributed by atoms with van der Waals surface area (Å²) in [6.07, 6.45) is 1.36. The number of aliphatic hydroxyl groups excluding tert-OH is 3. The highest BCUT2D eigenvalue weighted by molar-refractivity contribution is 5.70. The van der Waals surface area contributed by atoms with E-state index in [1.54, 1.807) is 6.92 Å². The Hall–Kier alpha value is -1.18. The first-order chi connectivity index (χ1) is 11.8. The Morgan fingerprint density at radius 1 is 0.880 bits per heavy atom. The molecular weight excluding hydrogens is 328 g/mol. The molecule has 2 atom stereocenters. The zero-order valence-corrected chi connectivity index (χ0v) is 15.7. The molecule has 0 rings (SSSR count). The number of hydrogen-bond donors (Lipinski definition) is 3. The fourth-order valence-corrected chi connectivity index (χ4v) is 2.29. The third-order valence-corrected chi connectivity index (χ3v) is 4.21. The number of rotatable bonds is 14. The van der Waals surface area contributed by atoms with Crippen molar-refractivity contribution in [2.75, 3.05) is 19.8 Å². The van der Waals surface area contributed by atoms with Gasteiger partial charge in [-0.3, -0.25) is 9.59 Å². The first-order valence-corrected chi connectivity index (χ1v) is 9.10. The van der Waals surface area contributed by atoms with E-state index in [2.05, 4.69) is 0 Å². The van der Waals surface area contributed by atoms with Crippen LogP contribution in [-0.4, -0.2) is 59.3 Å². The van der Waals surface area contributed by atoms with Crippen molar-refractivity contribution in [3.63, 3.8) is 0 Å². The second-order valence-electron chi connectivity index (χ2n) is 6.63. The number of carbonyl (C=O) groups excluding carboxylic acids is 2. The lowest BCUT2D eigenvalue weighted by Crippen LogP contribution is -2.38. The van der Waals surface area contributed by atoms with E-state index in [-0.39, 0.29) is 32.7 Å². The summed E-state index contributed by atoms with van der Waals surface area (Å²) in [6.45, 7) is 5.13. The van der Waals surface area contributed by atoms with Gasteiger partial charge in [-0.25, -0.2) is 0 Å². The van der Waals surface area contributed by atoms with Crippen LogP contribution >= 0.6 is 0 Å². The van der Waals surface area contributed by atoms with Crippen LogP contribution in [0.5, 0.6) is 0 Å². The molecule has 25 heavy (non-hydrogen) atoms. The van der Waals surface area contributed by atoms with Crippen LogP contribution in [0.4, 0.5) is 0 Å². The maximum atomic E-state index is 11.8. The Labute approximate surface area is 150 Å². The standard InChI is InChI=1S/C18H34O7/c1-4-7-14(20)9-16(22)24-12-18(6-3,11-19)13-25-17(23)10-15(21)8-5-2/h14-15,19-21H,4-13H2,1-3H3. The molecule has 0 bridgehead atoms. The molecule has 0 spiro atoms. The topological polar surface area (TPSA) is 113 Å². The van der Waals surface area contributed by atoms with Crippen molar-refractivity contribution in [2.24, 2.45) is 5.41 Å². The fraction of sp³-hybridized carbons (Fsp3) is 0.889. The third-order valence-electron chi connectivity index (χ3n) is 4.21.